The molecule has 0 aromatic heterocycles. The first-order valence-corrected chi connectivity index (χ1v) is 5.19. The molecule has 2 rings (SSSR count). The van der Waals surface area contributed by atoms with Gasteiger partial charge in [0, 0.05) is 6.04 Å². The number of benzene rings is 1. The Balaban J connectivity index is 2.09. The van der Waals surface area contributed by atoms with Crippen LogP contribution < -0.4 is 10.5 Å². The molecule has 2 nitrogen and oxygen atoms in total. The van der Waals surface area contributed by atoms with Gasteiger partial charge in [0.1, 0.15) is 5.75 Å². The molecular formula is C12H17NO. The number of nitrogens with two attached hydrogens (primary N) is 1. The van der Waals surface area contributed by atoms with Gasteiger partial charge in [-0.2, -0.15) is 0 Å². The molecule has 1 aliphatic rings. The van der Waals surface area contributed by atoms with Gasteiger partial charge in [0.2, 0.25) is 0 Å². The normalized spacial score (nSPS) is 26.4. The van der Waals surface area contributed by atoms with Gasteiger partial charge >= 0.3 is 0 Å². The minimum atomic E-state index is 0.405. The molecule has 0 radical (unpaired) electrons. The van der Waals surface area contributed by atoms with E-state index in [0.29, 0.717) is 12.0 Å². The molecule has 0 bridgehead atoms. The molecule has 1 aromatic rings. The quantitative estimate of drug-likeness (QED) is 0.778. The molecule has 2 N–H and O–H groups in total. The zero-order valence-corrected chi connectivity index (χ0v) is 8.57. The van der Waals surface area contributed by atoms with Crippen molar-refractivity contribution in [3.8, 4) is 5.75 Å². The number of hydrogen-bond acceptors (Lipinski definition) is 2. The van der Waals surface area contributed by atoms with Crippen molar-refractivity contribution >= 4 is 0 Å². The Labute approximate surface area is 85.1 Å². The third-order valence-electron chi connectivity index (χ3n) is 3.06. The van der Waals surface area contributed by atoms with E-state index in [9.17, 15) is 0 Å². The standard InChI is InChI=1S/C12H17NO/c1-14-12-6-3-9(4-7-12)10-2-5-11(13)8-10/h3-4,6-7,10-11H,2,5,8,13H2,1H3/t10-,11+/m0/s1. The van der Waals surface area contributed by atoms with Crippen molar-refractivity contribution in [1.82, 2.24) is 0 Å². The van der Waals surface area contributed by atoms with E-state index < -0.39 is 0 Å². The maximum Gasteiger partial charge on any atom is 0.118 e. The molecule has 0 unspecified atom stereocenters. The fourth-order valence-electron chi connectivity index (χ4n) is 2.20. The summed E-state index contributed by atoms with van der Waals surface area (Å²) in [6, 6.07) is 8.77. The summed E-state index contributed by atoms with van der Waals surface area (Å²) in [4.78, 5) is 0. The Morgan fingerprint density at radius 1 is 1.21 bits per heavy atom. The van der Waals surface area contributed by atoms with Crippen molar-refractivity contribution in [2.75, 3.05) is 7.11 Å². The lowest BCUT2D eigenvalue weighted by molar-refractivity contribution is 0.414. The summed E-state index contributed by atoms with van der Waals surface area (Å²) < 4.78 is 5.13. The van der Waals surface area contributed by atoms with Crippen LogP contribution in [0.15, 0.2) is 24.3 Å². The van der Waals surface area contributed by atoms with Crippen molar-refractivity contribution in [2.45, 2.75) is 31.2 Å². The zero-order chi connectivity index (χ0) is 9.97. The van der Waals surface area contributed by atoms with Crippen LogP contribution in [-0.4, -0.2) is 13.2 Å². The highest BCUT2D eigenvalue weighted by molar-refractivity contribution is 5.30. The highest BCUT2D eigenvalue weighted by Crippen LogP contribution is 2.33. The number of methoxy groups -OCH3 is 1. The fraction of sp³-hybridized carbons (Fsp3) is 0.500. The summed E-state index contributed by atoms with van der Waals surface area (Å²) >= 11 is 0. The Kier molecular flexibility index (Phi) is 2.73. The van der Waals surface area contributed by atoms with Crippen molar-refractivity contribution < 1.29 is 4.74 Å². The summed E-state index contributed by atoms with van der Waals surface area (Å²) in [6.07, 6.45) is 3.52. The van der Waals surface area contributed by atoms with E-state index in [0.717, 1.165) is 18.6 Å². The Morgan fingerprint density at radius 3 is 2.43 bits per heavy atom. The molecule has 1 aliphatic carbocycles. The zero-order valence-electron chi connectivity index (χ0n) is 8.57. The third kappa shape index (κ3) is 1.90. The van der Waals surface area contributed by atoms with Crippen LogP contribution in [-0.2, 0) is 0 Å². The first kappa shape index (κ1) is 9.53. The van der Waals surface area contributed by atoms with E-state index in [1.807, 2.05) is 12.1 Å². The summed E-state index contributed by atoms with van der Waals surface area (Å²) in [5, 5.41) is 0. The van der Waals surface area contributed by atoms with Crippen molar-refractivity contribution in [1.29, 1.82) is 0 Å². The molecule has 14 heavy (non-hydrogen) atoms. The van der Waals surface area contributed by atoms with Gasteiger partial charge in [-0.05, 0) is 42.9 Å². The minimum absolute atomic E-state index is 0.405. The van der Waals surface area contributed by atoms with Crippen LogP contribution in [0.1, 0.15) is 30.7 Å². The van der Waals surface area contributed by atoms with Gasteiger partial charge in [-0.25, -0.2) is 0 Å². The Bertz CT molecular complexity index is 294. The number of ether oxygens (including phenoxy) is 1. The second-order valence-electron chi connectivity index (χ2n) is 4.04. The molecular weight excluding hydrogens is 174 g/mol. The van der Waals surface area contributed by atoms with Gasteiger partial charge in [-0.15, -0.1) is 0 Å². The monoisotopic (exact) mass is 191 g/mol. The average Bonchev–Trinajstić information content (AvgIpc) is 2.65. The molecule has 0 aliphatic heterocycles. The summed E-state index contributed by atoms with van der Waals surface area (Å²) in [6.45, 7) is 0. The molecule has 0 saturated heterocycles. The largest absolute Gasteiger partial charge is 0.497 e. The lowest BCUT2D eigenvalue weighted by Gasteiger charge is -2.10. The van der Waals surface area contributed by atoms with Crippen LogP contribution >= 0.6 is 0 Å². The van der Waals surface area contributed by atoms with Crippen molar-refractivity contribution in [3.63, 3.8) is 0 Å². The smallest absolute Gasteiger partial charge is 0.118 e. The molecule has 1 aromatic carbocycles. The van der Waals surface area contributed by atoms with Crippen LogP contribution in [0.25, 0.3) is 0 Å². The van der Waals surface area contributed by atoms with Crippen LogP contribution in [0, 0.1) is 0 Å². The molecule has 0 spiro atoms. The van der Waals surface area contributed by atoms with E-state index in [2.05, 4.69) is 12.1 Å². The second kappa shape index (κ2) is 4.01. The molecule has 1 saturated carbocycles. The molecule has 0 heterocycles. The Hall–Kier alpha value is -1.02. The molecule has 76 valence electrons. The Morgan fingerprint density at radius 2 is 1.93 bits per heavy atom. The maximum absolute atomic E-state index is 5.89. The molecule has 1 fully saturated rings. The van der Waals surface area contributed by atoms with Crippen molar-refractivity contribution in [2.24, 2.45) is 5.73 Å². The first-order valence-electron chi connectivity index (χ1n) is 5.19. The highest BCUT2D eigenvalue weighted by Gasteiger charge is 2.22. The number of rotatable bonds is 2. The SMILES string of the molecule is COc1ccc([C@H]2CC[C@@H](N)C2)cc1. The topological polar surface area (TPSA) is 35.2 Å². The predicted octanol–water partition coefficient (Wildman–Crippen LogP) is 2.29. The predicted molar refractivity (Wildman–Crippen MR) is 57.6 cm³/mol. The summed E-state index contributed by atoms with van der Waals surface area (Å²) in [5.41, 5.74) is 7.30. The maximum atomic E-state index is 5.89. The molecule has 2 atom stereocenters. The summed E-state index contributed by atoms with van der Waals surface area (Å²) in [7, 11) is 1.69. The lowest BCUT2D eigenvalue weighted by atomic mass is 9.97. The van der Waals surface area contributed by atoms with Crippen molar-refractivity contribution in [3.05, 3.63) is 29.8 Å². The third-order valence-corrected chi connectivity index (χ3v) is 3.06. The van der Waals surface area contributed by atoms with E-state index >= 15 is 0 Å². The molecule has 0 amide bonds. The van der Waals surface area contributed by atoms with Gasteiger partial charge in [-0.1, -0.05) is 12.1 Å². The number of hydrogen-bond donors (Lipinski definition) is 1. The van der Waals surface area contributed by atoms with Gasteiger partial charge in [-0.3, -0.25) is 0 Å². The van der Waals surface area contributed by atoms with Gasteiger partial charge in [0.15, 0.2) is 0 Å². The van der Waals surface area contributed by atoms with E-state index in [4.69, 9.17) is 10.5 Å². The van der Waals surface area contributed by atoms with E-state index in [1.165, 1.54) is 12.0 Å². The van der Waals surface area contributed by atoms with Gasteiger partial charge < -0.3 is 10.5 Å². The van der Waals surface area contributed by atoms with Gasteiger partial charge in [0.25, 0.3) is 0 Å². The van der Waals surface area contributed by atoms with Crippen LogP contribution in [0.5, 0.6) is 5.75 Å². The summed E-state index contributed by atoms with van der Waals surface area (Å²) in [5.74, 6) is 1.59. The van der Waals surface area contributed by atoms with Gasteiger partial charge in [0.05, 0.1) is 7.11 Å². The van der Waals surface area contributed by atoms with Crippen LogP contribution in [0.4, 0.5) is 0 Å². The van der Waals surface area contributed by atoms with Crippen LogP contribution in [0.2, 0.25) is 0 Å². The molecule has 2 heteroatoms. The first-order chi connectivity index (χ1) is 6.79. The fourth-order valence-corrected chi connectivity index (χ4v) is 2.20. The second-order valence-corrected chi connectivity index (χ2v) is 4.04. The average molecular weight is 191 g/mol. The highest BCUT2D eigenvalue weighted by atomic mass is 16.5. The lowest BCUT2D eigenvalue weighted by Crippen LogP contribution is -2.14. The van der Waals surface area contributed by atoms with Crippen LogP contribution in [0.3, 0.4) is 0 Å². The van der Waals surface area contributed by atoms with E-state index in [1.54, 1.807) is 7.11 Å². The van der Waals surface area contributed by atoms with E-state index in [-0.39, 0.29) is 0 Å². The minimum Gasteiger partial charge on any atom is -0.497 e.